The average Bonchev–Trinajstić information content (AvgIpc) is 2.44. The maximum absolute atomic E-state index is 12.6. The Bertz CT molecular complexity index is 417. The summed E-state index contributed by atoms with van der Waals surface area (Å²) in [4.78, 5) is 25.4. The summed E-state index contributed by atoms with van der Waals surface area (Å²) < 4.78 is 11.8. The van der Waals surface area contributed by atoms with E-state index in [1.54, 1.807) is 0 Å². The minimum absolute atomic E-state index is 0.00859. The molecule has 0 aromatic heterocycles. The van der Waals surface area contributed by atoms with Gasteiger partial charge in [-0.15, -0.1) is 0 Å². The zero-order valence-electron chi connectivity index (χ0n) is 12.1. The van der Waals surface area contributed by atoms with Gasteiger partial charge in [-0.05, 0) is 39.5 Å². The van der Waals surface area contributed by atoms with Crippen LogP contribution in [0.1, 0.15) is 39.5 Å². The highest BCUT2D eigenvalue weighted by molar-refractivity contribution is 7.85. The fourth-order valence-electron chi connectivity index (χ4n) is 3.18. The maximum atomic E-state index is 12.6. The molecular formula is C14H23NO4S. The monoisotopic (exact) mass is 301 g/mol. The van der Waals surface area contributed by atoms with Gasteiger partial charge in [0.15, 0.2) is 0 Å². The molecule has 0 aromatic rings. The van der Waals surface area contributed by atoms with Gasteiger partial charge in [-0.25, -0.2) is 0 Å². The van der Waals surface area contributed by atoms with Crippen molar-refractivity contribution in [1.82, 2.24) is 4.90 Å². The molecule has 3 unspecified atom stereocenters. The van der Waals surface area contributed by atoms with Crippen molar-refractivity contribution in [2.45, 2.75) is 50.8 Å². The SMILES string of the molecule is CC1C(C)S(=O)CCN1C(=O)C1CCC(C(=O)O)CC1. The number of rotatable bonds is 2. The van der Waals surface area contributed by atoms with Crippen LogP contribution < -0.4 is 0 Å². The minimum atomic E-state index is -0.841. The number of carboxylic acids is 1. The first-order valence-corrected chi connectivity index (χ1v) is 8.70. The summed E-state index contributed by atoms with van der Waals surface area (Å²) in [7, 11) is -0.841. The van der Waals surface area contributed by atoms with E-state index in [0.29, 0.717) is 38.0 Å². The lowest BCUT2D eigenvalue weighted by molar-refractivity contribution is -0.146. The summed E-state index contributed by atoms with van der Waals surface area (Å²) in [6.07, 6.45) is 2.51. The Morgan fingerprint density at radius 3 is 2.20 bits per heavy atom. The Labute approximate surface area is 122 Å². The van der Waals surface area contributed by atoms with E-state index in [-0.39, 0.29) is 29.0 Å². The number of nitrogens with zero attached hydrogens (tertiary/aromatic N) is 1. The van der Waals surface area contributed by atoms with Crippen LogP contribution in [0.15, 0.2) is 0 Å². The summed E-state index contributed by atoms with van der Waals surface area (Å²) >= 11 is 0. The van der Waals surface area contributed by atoms with Crippen molar-refractivity contribution in [2.75, 3.05) is 12.3 Å². The Morgan fingerprint density at radius 2 is 1.65 bits per heavy atom. The molecule has 1 heterocycles. The van der Waals surface area contributed by atoms with Crippen molar-refractivity contribution < 1.29 is 18.9 Å². The van der Waals surface area contributed by atoms with Gasteiger partial charge in [0, 0.05) is 35.1 Å². The zero-order valence-corrected chi connectivity index (χ0v) is 12.9. The first-order valence-electron chi connectivity index (χ1n) is 7.32. The normalized spacial score (nSPS) is 38.5. The quantitative estimate of drug-likeness (QED) is 0.833. The van der Waals surface area contributed by atoms with Crippen LogP contribution in [-0.4, -0.2) is 49.7 Å². The molecule has 2 rings (SSSR count). The second-order valence-electron chi connectivity index (χ2n) is 5.95. The van der Waals surface area contributed by atoms with Crippen molar-refractivity contribution in [3.05, 3.63) is 0 Å². The van der Waals surface area contributed by atoms with Crippen LogP contribution in [0.3, 0.4) is 0 Å². The number of hydrogen-bond acceptors (Lipinski definition) is 3. The molecule has 0 spiro atoms. The summed E-state index contributed by atoms with van der Waals surface area (Å²) in [6.45, 7) is 4.46. The Morgan fingerprint density at radius 1 is 1.10 bits per heavy atom. The molecule has 20 heavy (non-hydrogen) atoms. The molecule has 1 saturated heterocycles. The summed E-state index contributed by atoms with van der Waals surface area (Å²) in [5.41, 5.74) is 0. The van der Waals surface area contributed by atoms with E-state index in [2.05, 4.69) is 0 Å². The molecule has 0 aromatic carbocycles. The van der Waals surface area contributed by atoms with Gasteiger partial charge in [0.05, 0.1) is 11.2 Å². The predicted molar refractivity (Wildman–Crippen MR) is 76.7 cm³/mol. The van der Waals surface area contributed by atoms with Gasteiger partial charge < -0.3 is 10.0 Å². The van der Waals surface area contributed by atoms with E-state index in [1.165, 1.54) is 0 Å². The van der Waals surface area contributed by atoms with Crippen molar-refractivity contribution >= 4 is 22.7 Å². The van der Waals surface area contributed by atoms with E-state index in [4.69, 9.17) is 5.11 Å². The third-order valence-corrected chi connectivity index (χ3v) is 6.64. The van der Waals surface area contributed by atoms with E-state index in [9.17, 15) is 13.8 Å². The van der Waals surface area contributed by atoms with Gasteiger partial charge in [0.1, 0.15) is 0 Å². The largest absolute Gasteiger partial charge is 0.481 e. The highest BCUT2D eigenvalue weighted by Gasteiger charge is 2.37. The van der Waals surface area contributed by atoms with E-state index in [0.717, 1.165) is 0 Å². The maximum Gasteiger partial charge on any atom is 0.306 e. The first-order chi connectivity index (χ1) is 9.41. The van der Waals surface area contributed by atoms with Crippen LogP contribution in [-0.2, 0) is 20.4 Å². The third kappa shape index (κ3) is 3.05. The molecule has 2 fully saturated rings. The highest BCUT2D eigenvalue weighted by atomic mass is 32.2. The minimum Gasteiger partial charge on any atom is -0.481 e. The average molecular weight is 301 g/mol. The second kappa shape index (κ2) is 6.24. The molecule has 1 saturated carbocycles. The molecule has 2 aliphatic rings. The van der Waals surface area contributed by atoms with Gasteiger partial charge in [0.25, 0.3) is 0 Å². The van der Waals surface area contributed by atoms with Crippen LogP contribution >= 0.6 is 0 Å². The molecular weight excluding hydrogens is 278 g/mol. The lowest BCUT2D eigenvalue weighted by Crippen LogP contribution is -2.54. The number of carbonyl (C=O) groups excluding carboxylic acids is 1. The highest BCUT2D eigenvalue weighted by Crippen LogP contribution is 2.31. The van der Waals surface area contributed by atoms with Crippen LogP contribution in [0, 0.1) is 11.8 Å². The van der Waals surface area contributed by atoms with Gasteiger partial charge in [-0.2, -0.15) is 0 Å². The standard InChI is InChI=1S/C14H23NO4S/c1-9-10(2)20(19)8-7-15(9)13(16)11-3-5-12(6-4-11)14(17)18/h9-12H,3-8H2,1-2H3,(H,17,18). The third-order valence-electron chi connectivity index (χ3n) is 4.83. The van der Waals surface area contributed by atoms with Gasteiger partial charge in [-0.3, -0.25) is 13.8 Å². The number of hydrogen-bond donors (Lipinski definition) is 1. The van der Waals surface area contributed by atoms with Gasteiger partial charge in [-0.1, -0.05) is 0 Å². The summed E-state index contributed by atoms with van der Waals surface area (Å²) in [5.74, 6) is -0.394. The summed E-state index contributed by atoms with van der Waals surface area (Å²) in [5, 5.41) is 9.01. The van der Waals surface area contributed by atoms with Crippen molar-refractivity contribution in [1.29, 1.82) is 0 Å². The number of carbonyl (C=O) groups is 2. The van der Waals surface area contributed by atoms with E-state index >= 15 is 0 Å². The molecule has 0 radical (unpaired) electrons. The molecule has 1 amide bonds. The van der Waals surface area contributed by atoms with Crippen LogP contribution in [0.25, 0.3) is 0 Å². The molecule has 1 aliphatic carbocycles. The Balaban J connectivity index is 1.95. The first kappa shape index (κ1) is 15.5. The number of amides is 1. The number of aliphatic carboxylic acids is 1. The molecule has 5 nitrogen and oxygen atoms in total. The fourth-order valence-corrected chi connectivity index (χ4v) is 4.52. The zero-order chi connectivity index (χ0) is 14.9. The van der Waals surface area contributed by atoms with Crippen LogP contribution in [0.5, 0.6) is 0 Å². The van der Waals surface area contributed by atoms with Crippen LogP contribution in [0.2, 0.25) is 0 Å². The lowest BCUT2D eigenvalue weighted by atomic mass is 9.81. The topological polar surface area (TPSA) is 74.7 Å². The van der Waals surface area contributed by atoms with Crippen molar-refractivity contribution in [2.24, 2.45) is 11.8 Å². The molecule has 0 bridgehead atoms. The molecule has 3 atom stereocenters. The van der Waals surface area contributed by atoms with Gasteiger partial charge in [0.2, 0.25) is 5.91 Å². The summed E-state index contributed by atoms with van der Waals surface area (Å²) in [6, 6.07) is 0.00859. The smallest absolute Gasteiger partial charge is 0.306 e. The van der Waals surface area contributed by atoms with Crippen molar-refractivity contribution in [3.8, 4) is 0 Å². The Kier molecular flexibility index (Phi) is 4.83. The lowest BCUT2D eigenvalue weighted by Gasteiger charge is -2.40. The van der Waals surface area contributed by atoms with E-state index < -0.39 is 16.8 Å². The molecule has 1 aliphatic heterocycles. The molecule has 1 N–H and O–H groups in total. The van der Waals surface area contributed by atoms with E-state index in [1.807, 2.05) is 18.7 Å². The second-order valence-corrected chi connectivity index (χ2v) is 7.86. The number of carboxylic acid groups (broad SMARTS) is 1. The Hall–Kier alpha value is -0.910. The molecule has 6 heteroatoms. The van der Waals surface area contributed by atoms with Crippen LogP contribution in [0.4, 0.5) is 0 Å². The predicted octanol–water partition coefficient (Wildman–Crippen LogP) is 1.25. The molecule has 114 valence electrons. The van der Waals surface area contributed by atoms with Gasteiger partial charge >= 0.3 is 5.97 Å². The fraction of sp³-hybridized carbons (Fsp3) is 0.857. The van der Waals surface area contributed by atoms with Crippen molar-refractivity contribution in [3.63, 3.8) is 0 Å².